The molecule has 2 N–H and O–H groups in total. The highest BCUT2D eigenvalue weighted by Crippen LogP contribution is 2.78. The Labute approximate surface area is 219 Å². The van der Waals surface area contributed by atoms with Gasteiger partial charge in [-0.1, -0.05) is 6.07 Å². The Morgan fingerprint density at radius 3 is 2.82 bits per heavy atom. The molecule has 4 aliphatic carbocycles. The van der Waals surface area contributed by atoms with E-state index < -0.39 is 21.6 Å². The summed E-state index contributed by atoms with van der Waals surface area (Å²) in [6.45, 7) is 1.66. The summed E-state index contributed by atoms with van der Waals surface area (Å²) in [5.41, 5.74) is -2.71. The Hall–Kier alpha value is -2.18. The van der Waals surface area contributed by atoms with E-state index in [0.717, 1.165) is 17.8 Å². The van der Waals surface area contributed by atoms with Crippen molar-refractivity contribution in [1.29, 1.82) is 0 Å². The first-order valence-electron chi connectivity index (χ1n) is 13.5. The minimum atomic E-state index is -5.38. The molecular weight excluding hydrogens is 519 g/mol. The number of fused-ring (bicyclic) bond motifs is 3. The van der Waals surface area contributed by atoms with Crippen molar-refractivity contribution in [2.24, 2.45) is 28.6 Å². The van der Waals surface area contributed by atoms with Gasteiger partial charge >= 0.3 is 15.5 Å². The number of aromatic nitrogens is 2. The van der Waals surface area contributed by atoms with Gasteiger partial charge in [0.05, 0.1) is 5.69 Å². The van der Waals surface area contributed by atoms with Crippen LogP contribution >= 0.6 is 0 Å². The number of pyridine rings is 1. The molecule has 1 aliphatic heterocycles. The Balaban J connectivity index is 1.01. The maximum absolute atomic E-state index is 13.3. The lowest BCUT2D eigenvalue weighted by Gasteiger charge is -2.49. The molecule has 3 heterocycles. The third-order valence-corrected chi connectivity index (χ3v) is 11.5. The minimum Gasteiger partial charge on any atom is -0.350 e. The average Bonchev–Trinajstić information content (AvgIpc) is 3.54. The average molecular weight is 552 g/mol. The van der Waals surface area contributed by atoms with E-state index in [2.05, 4.69) is 10.3 Å². The maximum Gasteiger partial charge on any atom is 0.511 e. The first-order chi connectivity index (χ1) is 18.0. The number of likely N-dealkylation sites (tertiary alicyclic amines) is 1. The highest BCUT2D eigenvalue weighted by molar-refractivity contribution is 7.90. The topological polar surface area (TPSA) is 95.8 Å². The quantitative estimate of drug-likeness (QED) is 0.551. The van der Waals surface area contributed by atoms with Crippen molar-refractivity contribution < 1.29 is 26.4 Å². The predicted octanol–water partition coefficient (Wildman–Crippen LogP) is 3.29. The second-order valence-electron chi connectivity index (χ2n) is 12.6. The molecule has 12 heteroatoms. The SMILES string of the molecule is O=C(NCC12CC3CC4CC(C1)C4(C3)C2)c1cccc2nc(CN3CCC(NS(=O)(=O)C(F)(F)F)C3)cn12. The molecule has 3 bridgehead atoms. The summed E-state index contributed by atoms with van der Waals surface area (Å²) in [5.74, 6) is 2.48. The summed E-state index contributed by atoms with van der Waals surface area (Å²) < 4.78 is 64.5. The molecule has 1 saturated heterocycles. The van der Waals surface area contributed by atoms with Gasteiger partial charge in [0.25, 0.3) is 5.91 Å². The van der Waals surface area contributed by atoms with Crippen LogP contribution in [0.4, 0.5) is 13.2 Å². The molecule has 7 rings (SSSR count). The van der Waals surface area contributed by atoms with Gasteiger partial charge in [0, 0.05) is 38.4 Å². The molecule has 5 fully saturated rings. The fourth-order valence-electron chi connectivity index (χ4n) is 9.01. The van der Waals surface area contributed by atoms with Gasteiger partial charge in [-0.3, -0.25) is 14.1 Å². The van der Waals surface area contributed by atoms with Crippen molar-refractivity contribution in [2.75, 3.05) is 19.6 Å². The van der Waals surface area contributed by atoms with Crippen molar-refractivity contribution in [3.05, 3.63) is 35.8 Å². The zero-order chi connectivity index (χ0) is 26.5. The van der Waals surface area contributed by atoms with Crippen LogP contribution < -0.4 is 10.0 Å². The van der Waals surface area contributed by atoms with Gasteiger partial charge < -0.3 is 5.32 Å². The summed E-state index contributed by atoms with van der Waals surface area (Å²) in [6, 6.07) is 4.59. The molecule has 0 aromatic carbocycles. The zero-order valence-corrected chi connectivity index (χ0v) is 21.8. The standard InChI is InChI=1S/C26H32F3N5O3S/c27-26(28,29)38(36,37)32-19-4-5-33(11-19)12-20-13-34-21(2-1-3-22(34)31-20)23(35)30-15-24-8-16-6-17-7-18(10-24)25(17,9-16)14-24/h1-3,13,16-19,32H,4-12,14-15H2,(H,30,35). The number of nitrogens with zero attached hydrogens (tertiary/aromatic N) is 3. The summed E-state index contributed by atoms with van der Waals surface area (Å²) in [4.78, 5) is 19.8. The van der Waals surface area contributed by atoms with Gasteiger partial charge in [-0.25, -0.2) is 18.1 Å². The normalized spacial score (nSPS) is 36.1. The first kappa shape index (κ1) is 24.8. The van der Waals surface area contributed by atoms with Crippen LogP contribution in [0.1, 0.15) is 61.1 Å². The summed E-state index contributed by atoms with van der Waals surface area (Å²) in [5, 5.41) is 3.25. The number of sulfonamides is 1. The maximum atomic E-state index is 13.3. The number of amides is 1. The largest absolute Gasteiger partial charge is 0.511 e. The molecular formula is C26H32F3N5O3S. The molecule has 0 radical (unpaired) electrons. The third-order valence-electron chi connectivity index (χ3n) is 10.3. The van der Waals surface area contributed by atoms with E-state index >= 15 is 0 Å². The molecule has 6 atom stereocenters. The molecule has 6 unspecified atom stereocenters. The van der Waals surface area contributed by atoms with Crippen LogP contribution in [0.25, 0.3) is 5.65 Å². The number of hydrogen-bond donors (Lipinski definition) is 2. The number of alkyl halides is 3. The van der Waals surface area contributed by atoms with Crippen molar-refractivity contribution in [3.8, 4) is 0 Å². The van der Waals surface area contributed by atoms with Crippen LogP contribution in [-0.4, -0.2) is 59.8 Å². The van der Waals surface area contributed by atoms with Crippen LogP contribution in [0, 0.1) is 28.6 Å². The van der Waals surface area contributed by atoms with Crippen molar-refractivity contribution >= 4 is 21.6 Å². The number of carbonyl (C=O) groups is 1. The molecule has 4 saturated carbocycles. The molecule has 1 amide bonds. The van der Waals surface area contributed by atoms with Gasteiger partial charge in [-0.15, -0.1) is 0 Å². The van der Waals surface area contributed by atoms with Gasteiger partial charge in [0.15, 0.2) is 0 Å². The molecule has 8 nitrogen and oxygen atoms in total. The fourth-order valence-corrected chi connectivity index (χ4v) is 9.78. The highest BCUT2D eigenvalue weighted by Gasteiger charge is 2.70. The summed E-state index contributed by atoms with van der Waals surface area (Å²) >= 11 is 0. The van der Waals surface area contributed by atoms with Gasteiger partial charge in [-0.2, -0.15) is 13.2 Å². The monoisotopic (exact) mass is 551 g/mol. The number of nitrogens with one attached hydrogen (secondary N) is 2. The predicted molar refractivity (Wildman–Crippen MR) is 132 cm³/mol. The van der Waals surface area contributed by atoms with E-state index in [4.69, 9.17) is 0 Å². The lowest BCUT2D eigenvalue weighted by molar-refractivity contribution is -0.0450. The number of halogens is 3. The molecule has 38 heavy (non-hydrogen) atoms. The van der Waals surface area contributed by atoms with E-state index in [0.29, 0.717) is 42.1 Å². The van der Waals surface area contributed by atoms with Crippen LogP contribution in [0.5, 0.6) is 0 Å². The van der Waals surface area contributed by atoms with E-state index in [1.807, 2.05) is 11.0 Å². The fraction of sp³-hybridized carbons (Fsp3) is 0.692. The highest BCUT2D eigenvalue weighted by atomic mass is 32.2. The van der Waals surface area contributed by atoms with Crippen molar-refractivity contribution in [2.45, 2.75) is 63.0 Å². The van der Waals surface area contributed by atoms with Crippen LogP contribution in [0.2, 0.25) is 0 Å². The Morgan fingerprint density at radius 1 is 1.16 bits per heavy atom. The van der Waals surface area contributed by atoms with Crippen molar-refractivity contribution in [1.82, 2.24) is 24.3 Å². The van der Waals surface area contributed by atoms with E-state index in [1.54, 1.807) is 27.5 Å². The van der Waals surface area contributed by atoms with Gasteiger partial charge in [0.2, 0.25) is 0 Å². The molecule has 206 valence electrons. The lowest BCUT2D eigenvalue weighted by Crippen LogP contribution is -2.43. The number of carbonyl (C=O) groups excluding carboxylic acids is 1. The Kier molecular flexibility index (Phi) is 5.34. The molecule has 1 spiro atoms. The van der Waals surface area contributed by atoms with Gasteiger partial charge in [-0.05, 0) is 85.7 Å². The van der Waals surface area contributed by atoms with E-state index in [-0.39, 0.29) is 24.3 Å². The molecule has 2 aromatic rings. The second-order valence-corrected chi connectivity index (χ2v) is 14.3. The molecule has 5 aliphatic rings. The van der Waals surface area contributed by atoms with Crippen molar-refractivity contribution in [3.63, 3.8) is 0 Å². The number of hydrogen-bond acceptors (Lipinski definition) is 5. The lowest BCUT2D eigenvalue weighted by atomic mass is 9.55. The Morgan fingerprint density at radius 2 is 2.00 bits per heavy atom. The summed E-state index contributed by atoms with van der Waals surface area (Å²) in [6.07, 6.45) is 9.98. The minimum absolute atomic E-state index is 0.122. The smallest absolute Gasteiger partial charge is 0.350 e. The zero-order valence-electron chi connectivity index (χ0n) is 21.0. The van der Waals surface area contributed by atoms with E-state index in [9.17, 15) is 26.4 Å². The number of rotatable bonds is 7. The summed E-state index contributed by atoms with van der Waals surface area (Å²) in [7, 11) is -5.38. The Bertz CT molecular complexity index is 1410. The van der Waals surface area contributed by atoms with Crippen LogP contribution in [-0.2, 0) is 16.6 Å². The molecule has 2 aromatic heterocycles. The third kappa shape index (κ3) is 3.81. The number of imidazole rings is 1. The second kappa shape index (κ2) is 8.17. The van der Waals surface area contributed by atoms with Gasteiger partial charge in [0.1, 0.15) is 11.3 Å². The van der Waals surface area contributed by atoms with Crippen LogP contribution in [0.3, 0.4) is 0 Å². The first-order valence-corrected chi connectivity index (χ1v) is 15.0. The van der Waals surface area contributed by atoms with Crippen LogP contribution in [0.15, 0.2) is 24.4 Å². The van der Waals surface area contributed by atoms with E-state index in [1.165, 1.54) is 38.5 Å².